The smallest absolute Gasteiger partial charge is 0.408 e. The van der Waals surface area contributed by atoms with Gasteiger partial charge in [-0.05, 0) is 28.8 Å². The van der Waals surface area contributed by atoms with E-state index < -0.39 is 36.0 Å². The van der Waals surface area contributed by atoms with Crippen LogP contribution in [0, 0.1) is 5.92 Å². The van der Waals surface area contributed by atoms with E-state index in [0.717, 1.165) is 47.5 Å². The Morgan fingerprint density at radius 1 is 0.920 bits per heavy atom. The number of nitrogens with zero attached hydrogens (tertiary/aromatic N) is 2. The van der Waals surface area contributed by atoms with Gasteiger partial charge in [0.15, 0.2) is 12.1 Å². The van der Waals surface area contributed by atoms with Crippen molar-refractivity contribution in [1.29, 1.82) is 0 Å². The summed E-state index contributed by atoms with van der Waals surface area (Å²) in [6.07, 6.45) is -0.681. The van der Waals surface area contributed by atoms with Crippen LogP contribution in [-0.2, 0) is 46.5 Å². The van der Waals surface area contributed by atoms with E-state index in [4.69, 9.17) is 23.7 Å². The largest absolute Gasteiger partial charge is 0.445 e. The quantitative estimate of drug-likeness (QED) is 0.313. The molecule has 0 aliphatic carbocycles. The molecule has 12 nitrogen and oxygen atoms in total. The number of piperidine rings is 1. The van der Waals surface area contributed by atoms with Crippen LogP contribution in [0.15, 0.2) is 78.9 Å². The van der Waals surface area contributed by atoms with E-state index >= 15 is 0 Å². The fraction of sp³-hybridized carbons (Fsp3) is 0.447. The molecule has 3 aromatic carbocycles. The monoisotopic (exact) mass is 685 g/mol. The van der Waals surface area contributed by atoms with Crippen molar-refractivity contribution in [1.82, 2.24) is 10.2 Å². The minimum Gasteiger partial charge on any atom is -0.445 e. The van der Waals surface area contributed by atoms with Crippen LogP contribution in [0.2, 0.25) is 0 Å². The van der Waals surface area contributed by atoms with Gasteiger partial charge in [0.2, 0.25) is 5.91 Å². The number of carbonyl (C=O) groups is 3. The highest BCUT2D eigenvalue weighted by Gasteiger charge is 2.44. The standard InChI is InChI=1S/C38H43N3O9/c1-25-32(22-40-16-14-38(15-17-40)47-18-19-48-38)49-36(50-34(25)28-12-10-26(23-42)11-13-28)29-8-5-9-30(20-29)41-33(43)21-31(35(41)44)39-37(45)46-24-27-6-3-2-4-7-27/h2-13,20,25,31-32,34,36,42H,14-19,21-24H2,1H3,(H,39,45)/t25-,31?,32+,34+,36+/m0/s1. The van der Waals surface area contributed by atoms with Gasteiger partial charge >= 0.3 is 6.09 Å². The molecular weight excluding hydrogens is 642 g/mol. The number of ether oxygens (including phenoxy) is 5. The summed E-state index contributed by atoms with van der Waals surface area (Å²) in [5.74, 6) is -1.46. The second kappa shape index (κ2) is 15.0. The van der Waals surface area contributed by atoms with Crippen molar-refractivity contribution >= 4 is 23.6 Å². The number of rotatable bonds is 9. The Morgan fingerprint density at radius 2 is 1.66 bits per heavy atom. The zero-order valence-corrected chi connectivity index (χ0v) is 28.1. The number of imide groups is 1. The average Bonchev–Trinajstić information content (AvgIpc) is 3.72. The highest BCUT2D eigenvalue weighted by Crippen LogP contribution is 2.43. The maximum Gasteiger partial charge on any atom is 0.408 e. The molecule has 0 saturated carbocycles. The molecular formula is C38H43N3O9. The number of benzene rings is 3. The molecule has 0 radical (unpaired) electrons. The molecule has 12 heteroatoms. The SMILES string of the molecule is C[C@H]1[C@@H](CN2CCC3(CC2)OCCO3)O[C@@H](c2cccc(N3C(=O)CC(NC(=O)OCc4ccccc4)C3=O)c2)O[C@H]1c1ccc(CO)cc1. The fourth-order valence-electron chi connectivity index (χ4n) is 7.18. The molecule has 3 aromatic rings. The topological polar surface area (TPSA) is 136 Å². The summed E-state index contributed by atoms with van der Waals surface area (Å²) in [4.78, 5) is 42.6. The van der Waals surface area contributed by atoms with Crippen molar-refractivity contribution in [2.24, 2.45) is 5.92 Å². The molecule has 4 aliphatic heterocycles. The minimum atomic E-state index is -1.04. The minimum absolute atomic E-state index is 0.0144. The third-order valence-corrected chi connectivity index (χ3v) is 10.0. The van der Waals surface area contributed by atoms with Gasteiger partial charge < -0.3 is 39.0 Å². The lowest BCUT2D eigenvalue weighted by Gasteiger charge is -2.44. The van der Waals surface area contributed by atoms with E-state index in [9.17, 15) is 19.5 Å². The second-order valence-corrected chi connectivity index (χ2v) is 13.4. The first-order valence-electron chi connectivity index (χ1n) is 17.3. The van der Waals surface area contributed by atoms with Crippen LogP contribution in [0.1, 0.15) is 60.8 Å². The van der Waals surface area contributed by atoms with Gasteiger partial charge in [0.1, 0.15) is 12.6 Å². The summed E-state index contributed by atoms with van der Waals surface area (Å²) in [6, 6.07) is 22.9. The number of hydrogen-bond acceptors (Lipinski definition) is 10. The maximum atomic E-state index is 13.4. The molecule has 4 fully saturated rings. The van der Waals surface area contributed by atoms with Crippen LogP contribution < -0.4 is 10.2 Å². The molecule has 3 amide bonds. The molecule has 0 aromatic heterocycles. The van der Waals surface area contributed by atoms with Crippen molar-refractivity contribution < 1.29 is 43.2 Å². The predicted molar refractivity (Wildman–Crippen MR) is 180 cm³/mol. The first-order valence-corrected chi connectivity index (χ1v) is 17.3. The Labute approximate surface area is 291 Å². The molecule has 4 heterocycles. The number of hydrogen-bond donors (Lipinski definition) is 2. The van der Waals surface area contributed by atoms with E-state index in [2.05, 4.69) is 17.1 Å². The van der Waals surface area contributed by atoms with Crippen LogP contribution in [0.3, 0.4) is 0 Å². The summed E-state index contributed by atoms with van der Waals surface area (Å²) in [6.45, 7) is 5.69. The molecule has 1 unspecified atom stereocenters. The van der Waals surface area contributed by atoms with Crippen molar-refractivity contribution in [3.63, 3.8) is 0 Å². The van der Waals surface area contributed by atoms with E-state index in [0.29, 0.717) is 31.0 Å². The van der Waals surface area contributed by atoms with Gasteiger partial charge in [-0.15, -0.1) is 0 Å². The molecule has 7 rings (SSSR count). The van der Waals surface area contributed by atoms with E-state index in [1.807, 2.05) is 60.7 Å². The number of aliphatic hydroxyl groups excluding tert-OH is 1. The van der Waals surface area contributed by atoms with Crippen LogP contribution >= 0.6 is 0 Å². The Morgan fingerprint density at radius 3 is 2.38 bits per heavy atom. The number of aliphatic hydroxyl groups is 1. The summed E-state index contributed by atoms with van der Waals surface area (Å²) in [5.41, 5.74) is 3.60. The Bertz CT molecular complexity index is 1650. The number of carbonyl (C=O) groups excluding carboxylic acids is 3. The van der Waals surface area contributed by atoms with Crippen molar-refractivity contribution in [3.8, 4) is 0 Å². The zero-order chi connectivity index (χ0) is 34.7. The number of alkyl carbamates (subject to hydrolysis) is 1. The first-order chi connectivity index (χ1) is 24.3. The molecule has 264 valence electrons. The van der Waals surface area contributed by atoms with Gasteiger partial charge in [0, 0.05) is 44.0 Å². The predicted octanol–water partition coefficient (Wildman–Crippen LogP) is 4.37. The third-order valence-electron chi connectivity index (χ3n) is 10.0. The van der Waals surface area contributed by atoms with Crippen molar-refractivity contribution in [2.75, 3.05) is 37.7 Å². The Kier molecular flexibility index (Phi) is 10.3. The molecule has 50 heavy (non-hydrogen) atoms. The zero-order valence-electron chi connectivity index (χ0n) is 28.1. The van der Waals surface area contributed by atoms with Crippen LogP contribution in [-0.4, -0.2) is 78.7 Å². The summed E-state index contributed by atoms with van der Waals surface area (Å²) < 4.78 is 30.5. The summed E-state index contributed by atoms with van der Waals surface area (Å²) in [5, 5.41) is 12.2. The van der Waals surface area contributed by atoms with E-state index in [1.165, 1.54) is 0 Å². The molecule has 4 saturated heterocycles. The molecule has 1 spiro atoms. The summed E-state index contributed by atoms with van der Waals surface area (Å²) >= 11 is 0. The van der Waals surface area contributed by atoms with E-state index in [1.54, 1.807) is 18.2 Å². The van der Waals surface area contributed by atoms with Gasteiger partial charge in [-0.2, -0.15) is 0 Å². The Balaban J connectivity index is 1.06. The second-order valence-electron chi connectivity index (χ2n) is 13.4. The molecule has 2 N–H and O–H groups in total. The first kappa shape index (κ1) is 34.3. The molecule has 4 aliphatic rings. The number of nitrogens with one attached hydrogen (secondary N) is 1. The van der Waals surface area contributed by atoms with Crippen LogP contribution in [0.25, 0.3) is 0 Å². The van der Waals surface area contributed by atoms with Crippen molar-refractivity contribution in [2.45, 2.75) is 69.7 Å². The fourth-order valence-corrected chi connectivity index (χ4v) is 7.18. The van der Waals surface area contributed by atoms with Gasteiger partial charge in [-0.25, -0.2) is 9.69 Å². The lowest BCUT2D eigenvalue weighted by Crippen LogP contribution is -2.50. The van der Waals surface area contributed by atoms with Crippen molar-refractivity contribution in [3.05, 3.63) is 101 Å². The van der Waals surface area contributed by atoms with E-state index in [-0.39, 0.29) is 37.8 Å². The number of likely N-dealkylation sites (tertiary alicyclic amines) is 1. The normalized spacial score (nSPS) is 26.8. The van der Waals surface area contributed by atoms with Gasteiger partial charge in [0.25, 0.3) is 5.91 Å². The van der Waals surface area contributed by atoms with Gasteiger partial charge in [0.05, 0.1) is 44.1 Å². The molecule has 0 bridgehead atoms. The maximum absolute atomic E-state index is 13.4. The highest BCUT2D eigenvalue weighted by molar-refractivity contribution is 6.22. The van der Waals surface area contributed by atoms with Gasteiger partial charge in [-0.1, -0.05) is 73.7 Å². The summed E-state index contributed by atoms with van der Waals surface area (Å²) in [7, 11) is 0. The highest BCUT2D eigenvalue weighted by atomic mass is 16.7. The average molecular weight is 686 g/mol. The van der Waals surface area contributed by atoms with Gasteiger partial charge in [-0.3, -0.25) is 9.59 Å². The van der Waals surface area contributed by atoms with Crippen LogP contribution in [0.4, 0.5) is 10.5 Å². The number of amides is 3. The lowest BCUT2D eigenvalue weighted by molar-refractivity contribution is -0.278. The molecule has 5 atom stereocenters. The Hall–Kier alpha value is -4.17. The third kappa shape index (κ3) is 7.46. The lowest BCUT2D eigenvalue weighted by atomic mass is 9.89. The van der Waals surface area contributed by atoms with Crippen LogP contribution in [0.5, 0.6) is 0 Å². The number of anilines is 1.